The van der Waals surface area contributed by atoms with Gasteiger partial charge in [0, 0.05) is 0 Å². The van der Waals surface area contributed by atoms with Gasteiger partial charge in [-0.25, -0.2) is 14.2 Å². The first-order chi connectivity index (χ1) is 5.65. The first-order valence-electron chi connectivity index (χ1n) is 3.13. The highest BCUT2D eigenvalue weighted by Gasteiger charge is 2.25. The molecule has 1 aromatic rings. The van der Waals surface area contributed by atoms with Gasteiger partial charge in [-0.05, 0) is 5.21 Å². The number of nitrogens with one attached hydrogen (secondary N) is 1. The third kappa shape index (κ3) is 1.71. The molecule has 0 aliphatic carbocycles. The fraction of sp³-hybridized carbons (Fsp3) is 0.750. The Bertz CT molecular complexity index is 247. The number of tetrazole rings is 1. The number of aromatic nitrogens is 4. The van der Waals surface area contributed by atoms with Crippen molar-refractivity contribution >= 4 is 0 Å². The minimum absolute atomic E-state index is 0.116. The van der Waals surface area contributed by atoms with Crippen LogP contribution in [0.4, 0.5) is 8.78 Å². The average Bonchev–Trinajstić information content (AvgIpc) is 2.37. The van der Waals surface area contributed by atoms with Crippen LogP contribution in [0.25, 0.3) is 0 Å². The van der Waals surface area contributed by atoms with Crippen LogP contribution in [-0.4, -0.2) is 26.6 Å². The maximum Gasteiger partial charge on any atom is 0.262 e. The molecule has 0 saturated heterocycles. The second-order valence-electron chi connectivity index (χ2n) is 2.12. The highest BCUT2D eigenvalue weighted by Crippen LogP contribution is 2.14. The molecule has 0 spiro atoms. The summed E-state index contributed by atoms with van der Waals surface area (Å²) in [4.78, 5) is 1.09. The zero-order valence-electron chi connectivity index (χ0n) is 6.28. The van der Waals surface area contributed by atoms with Gasteiger partial charge in [-0.15, -0.1) is 10.2 Å². The minimum Gasteiger partial charge on any atom is -0.271 e. The Morgan fingerprint density at radius 2 is 2.25 bits per heavy atom. The van der Waals surface area contributed by atoms with Gasteiger partial charge in [-0.1, -0.05) is 0 Å². The molecule has 1 aromatic heterocycles. The van der Waals surface area contributed by atoms with Gasteiger partial charge in [0.1, 0.15) is 6.04 Å². The Kier molecular flexibility index (Phi) is 2.61. The number of alkyl halides is 2. The molecule has 8 heteroatoms. The second-order valence-corrected chi connectivity index (χ2v) is 2.12. The number of nitrogens with two attached hydrogens (primary N) is 1. The number of hydrogen-bond acceptors (Lipinski definition) is 5. The molecule has 1 heterocycles. The highest BCUT2D eigenvalue weighted by molar-refractivity contribution is 4.89. The van der Waals surface area contributed by atoms with E-state index < -0.39 is 12.5 Å². The van der Waals surface area contributed by atoms with E-state index in [0.717, 1.165) is 4.80 Å². The summed E-state index contributed by atoms with van der Waals surface area (Å²) in [5.41, 5.74) is 1.90. The van der Waals surface area contributed by atoms with Crippen LogP contribution in [0.2, 0.25) is 0 Å². The summed E-state index contributed by atoms with van der Waals surface area (Å²) in [6, 6.07) is -1.36. The number of nitrogens with zero attached hydrogens (tertiary/aromatic N) is 4. The fourth-order valence-corrected chi connectivity index (χ4v) is 0.683. The normalized spacial score (nSPS) is 13.8. The van der Waals surface area contributed by atoms with E-state index in [2.05, 4.69) is 15.4 Å². The SMILES string of the molecule is Cn1nnc(C(NN)C(F)F)n1. The third-order valence-electron chi connectivity index (χ3n) is 1.23. The van der Waals surface area contributed by atoms with Crippen LogP contribution >= 0.6 is 0 Å². The van der Waals surface area contributed by atoms with Crippen molar-refractivity contribution in [3.8, 4) is 0 Å². The van der Waals surface area contributed by atoms with E-state index in [1.165, 1.54) is 7.05 Å². The molecule has 6 nitrogen and oxygen atoms in total. The Labute approximate surface area is 66.7 Å². The Hall–Kier alpha value is -1.15. The number of rotatable bonds is 3. The van der Waals surface area contributed by atoms with Crippen molar-refractivity contribution in [1.82, 2.24) is 25.6 Å². The monoisotopic (exact) mass is 178 g/mol. The molecule has 1 unspecified atom stereocenters. The van der Waals surface area contributed by atoms with Gasteiger partial charge in [0.2, 0.25) is 0 Å². The van der Waals surface area contributed by atoms with Gasteiger partial charge in [0.25, 0.3) is 6.43 Å². The van der Waals surface area contributed by atoms with Crippen LogP contribution in [0.3, 0.4) is 0 Å². The van der Waals surface area contributed by atoms with Crippen molar-refractivity contribution in [3.63, 3.8) is 0 Å². The van der Waals surface area contributed by atoms with Crippen molar-refractivity contribution in [2.75, 3.05) is 0 Å². The van der Waals surface area contributed by atoms with E-state index >= 15 is 0 Å². The van der Waals surface area contributed by atoms with E-state index in [1.54, 1.807) is 0 Å². The zero-order chi connectivity index (χ0) is 9.14. The predicted molar refractivity (Wildman–Crippen MR) is 34.9 cm³/mol. The fourth-order valence-electron chi connectivity index (χ4n) is 0.683. The van der Waals surface area contributed by atoms with Crippen molar-refractivity contribution in [1.29, 1.82) is 0 Å². The van der Waals surface area contributed by atoms with E-state index in [0.29, 0.717) is 0 Å². The van der Waals surface area contributed by atoms with Crippen molar-refractivity contribution in [2.45, 2.75) is 12.5 Å². The lowest BCUT2D eigenvalue weighted by atomic mass is 10.3. The number of hydrazine groups is 1. The first-order valence-corrected chi connectivity index (χ1v) is 3.13. The van der Waals surface area contributed by atoms with E-state index in [4.69, 9.17) is 5.84 Å². The molecule has 12 heavy (non-hydrogen) atoms. The molecular weight excluding hydrogens is 170 g/mol. The maximum absolute atomic E-state index is 12.1. The Balaban J connectivity index is 2.80. The van der Waals surface area contributed by atoms with Crippen molar-refractivity contribution in [2.24, 2.45) is 12.9 Å². The van der Waals surface area contributed by atoms with Crippen LogP contribution < -0.4 is 11.3 Å². The van der Waals surface area contributed by atoms with Gasteiger partial charge < -0.3 is 0 Å². The minimum atomic E-state index is -2.65. The lowest BCUT2D eigenvalue weighted by molar-refractivity contribution is 0.0946. The summed E-state index contributed by atoms with van der Waals surface area (Å²) < 4.78 is 24.3. The predicted octanol–water partition coefficient (Wildman–Crippen LogP) is -1.02. The van der Waals surface area contributed by atoms with Gasteiger partial charge in [-0.3, -0.25) is 5.84 Å². The molecule has 0 fully saturated rings. The molecule has 0 radical (unpaired) electrons. The third-order valence-corrected chi connectivity index (χ3v) is 1.23. The van der Waals surface area contributed by atoms with Crippen molar-refractivity contribution < 1.29 is 8.78 Å². The van der Waals surface area contributed by atoms with Crippen LogP contribution in [0.5, 0.6) is 0 Å². The lowest BCUT2D eigenvalue weighted by Gasteiger charge is -2.08. The number of aryl methyl sites for hydroxylation is 1. The molecule has 0 aliphatic rings. The van der Waals surface area contributed by atoms with Crippen LogP contribution in [0.1, 0.15) is 11.9 Å². The largest absolute Gasteiger partial charge is 0.271 e. The van der Waals surface area contributed by atoms with Gasteiger partial charge in [-0.2, -0.15) is 4.80 Å². The lowest BCUT2D eigenvalue weighted by Crippen LogP contribution is -2.33. The summed E-state index contributed by atoms with van der Waals surface area (Å²) in [7, 11) is 1.48. The molecule has 1 atom stereocenters. The Morgan fingerprint density at radius 1 is 1.58 bits per heavy atom. The van der Waals surface area contributed by atoms with Gasteiger partial charge in [0.05, 0.1) is 7.05 Å². The van der Waals surface area contributed by atoms with E-state index in [-0.39, 0.29) is 5.82 Å². The molecule has 0 aromatic carbocycles. The maximum atomic E-state index is 12.1. The van der Waals surface area contributed by atoms with Crippen LogP contribution in [0, 0.1) is 0 Å². The van der Waals surface area contributed by atoms with E-state index in [9.17, 15) is 8.78 Å². The zero-order valence-corrected chi connectivity index (χ0v) is 6.28. The second kappa shape index (κ2) is 3.50. The summed E-state index contributed by atoms with van der Waals surface area (Å²) in [6.45, 7) is 0. The smallest absolute Gasteiger partial charge is 0.262 e. The quantitative estimate of drug-likeness (QED) is 0.457. The highest BCUT2D eigenvalue weighted by atomic mass is 19.3. The van der Waals surface area contributed by atoms with Crippen LogP contribution in [-0.2, 0) is 7.05 Å². The summed E-state index contributed by atoms with van der Waals surface area (Å²) in [5.74, 6) is 4.75. The van der Waals surface area contributed by atoms with Gasteiger partial charge >= 0.3 is 0 Å². The average molecular weight is 178 g/mol. The molecule has 0 amide bonds. The number of halogens is 2. The van der Waals surface area contributed by atoms with Crippen molar-refractivity contribution in [3.05, 3.63) is 5.82 Å². The molecule has 0 bridgehead atoms. The molecule has 68 valence electrons. The molecule has 0 aliphatic heterocycles. The molecule has 3 N–H and O–H groups in total. The summed E-state index contributed by atoms with van der Waals surface area (Å²) in [6.07, 6.45) is -2.65. The molecule has 1 rings (SSSR count). The summed E-state index contributed by atoms with van der Waals surface area (Å²) in [5, 5.41) is 10.4. The van der Waals surface area contributed by atoms with E-state index in [1.807, 2.05) is 5.43 Å². The molecular formula is C4H8F2N6. The summed E-state index contributed by atoms with van der Waals surface area (Å²) >= 11 is 0. The topological polar surface area (TPSA) is 81.7 Å². The Morgan fingerprint density at radius 3 is 2.58 bits per heavy atom. The number of hydrogen-bond donors (Lipinski definition) is 2. The first kappa shape index (κ1) is 8.94. The standard InChI is InChI=1S/C4H8F2N6/c1-12-10-4(9-11-12)2(8-7)3(5)6/h2-3,8H,7H2,1H3. The van der Waals surface area contributed by atoms with Gasteiger partial charge in [0.15, 0.2) is 5.82 Å². The molecule has 0 saturated carbocycles. The van der Waals surface area contributed by atoms with Crippen LogP contribution in [0.15, 0.2) is 0 Å².